The molecule has 2 aromatic rings. The van der Waals surface area contributed by atoms with E-state index in [1.54, 1.807) is 0 Å². The SMILES string of the molecule is CCC(O)(CCc1ccc([N+](C)(C)C)cc1)Cc1ccc([N+](C)(C)C)cc1.[I-].[I-]. The minimum absolute atomic E-state index is 0. The summed E-state index contributed by atoms with van der Waals surface area (Å²) in [4.78, 5) is 0. The molecule has 0 fully saturated rings. The molecule has 0 bridgehead atoms. The fraction of sp³-hybridized carbons (Fsp3) is 0.500. The monoisotopic (exact) mass is 624 g/mol. The number of quaternary nitrogens is 2. The van der Waals surface area contributed by atoms with Crippen LogP contribution in [0.15, 0.2) is 48.5 Å². The van der Waals surface area contributed by atoms with Crippen molar-refractivity contribution in [2.75, 3.05) is 42.3 Å². The van der Waals surface area contributed by atoms with Gasteiger partial charge in [0.2, 0.25) is 0 Å². The molecule has 0 radical (unpaired) electrons. The van der Waals surface area contributed by atoms with Crippen LogP contribution in [0.1, 0.15) is 30.9 Å². The molecular weight excluding hydrogens is 586 g/mol. The predicted molar refractivity (Wildman–Crippen MR) is 119 cm³/mol. The van der Waals surface area contributed by atoms with Gasteiger partial charge in [0.05, 0.1) is 47.9 Å². The van der Waals surface area contributed by atoms with Crippen molar-refractivity contribution < 1.29 is 53.1 Å². The quantitative estimate of drug-likeness (QED) is 0.278. The number of aliphatic hydroxyl groups is 1. The van der Waals surface area contributed by atoms with Gasteiger partial charge in [-0.05, 0) is 54.7 Å². The van der Waals surface area contributed by atoms with Crippen LogP contribution in [-0.4, -0.2) is 53.0 Å². The Kier molecular flexibility index (Phi) is 11.3. The molecule has 0 saturated carbocycles. The van der Waals surface area contributed by atoms with Crippen LogP contribution in [-0.2, 0) is 12.8 Å². The number of rotatable bonds is 8. The van der Waals surface area contributed by atoms with Gasteiger partial charge in [-0.15, -0.1) is 0 Å². The van der Waals surface area contributed by atoms with Crippen LogP contribution in [0.2, 0.25) is 0 Å². The summed E-state index contributed by atoms with van der Waals surface area (Å²) < 4.78 is 1.63. The molecule has 0 saturated heterocycles. The zero-order valence-corrected chi connectivity index (χ0v) is 23.4. The van der Waals surface area contributed by atoms with E-state index in [0.29, 0.717) is 6.42 Å². The van der Waals surface area contributed by atoms with Gasteiger partial charge in [-0.25, -0.2) is 0 Å². The Morgan fingerprint density at radius 2 is 1.07 bits per heavy atom. The van der Waals surface area contributed by atoms with Gasteiger partial charge in [0.15, 0.2) is 0 Å². The average molecular weight is 624 g/mol. The smallest absolute Gasteiger partial charge is 0.132 e. The molecule has 1 atom stereocenters. The summed E-state index contributed by atoms with van der Waals surface area (Å²) in [6, 6.07) is 17.5. The van der Waals surface area contributed by atoms with Gasteiger partial charge in [-0.2, -0.15) is 0 Å². The van der Waals surface area contributed by atoms with Gasteiger partial charge >= 0.3 is 0 Å². The second-order valence-corrected chi connectivity index (χ2v) is 9.61. The molecule has 5 heteroatoms. The van der Waals surface area contributed by atoms with Gasteiger partial charge in [0.25, 0.3) is 0 Å². The van der Waals surface area contributed by atoms with E-state index < -0.39 is 5.60 Å². The third-order valence-electron chi connectivity index (χ3n) is 5.49. The first-order chi connectivity index (χ1) is 12.4. The first kappa shape index (κ1) is 28.8. The molecule has 0 heterocycles. The lowest BCUT2D eigenvalue weighted by atomic mass is 9.86. The van der Waals surface area contributed by atoms with Crippen LogP contribution in [0.5, 0.6) is 0 Å². The van der Waals surface area contributed by atoms with Crippen molar-refractivity contribution in [1.82, 2.24) is 8.97 Å². The minimum Gasteiger partial charge on any atom is -1.00 e. The number of hydrogen-bond acceptors (Lipinski definition) is 1. The van der Waals surface area contributed by atoms with Crippen LogP contribution < -0.4 is 56.9 Å². The third-order valence-corrected chi connectivity index (χ3v) is 5.49. The van der Waals surface area contributed by atoms with Crippen molar-refractivity contribution >= 4 is 11.4 Å². The Morgan fingerprint density at radius 3 is 1.41 bits per heavy atom. The van der Waals surface area contributed by atoms with Crippen LogP contribution >= 0.6 is 0 Å². The standard InChI is InChI=1S/C24H38N2O.2HI/c1-8-24(27,19-21-11-15-23(16-12-21)26(5,6)7)18-17-20-9-13-22(14-10-20)25(2,3)4;;/h9-16,27H,8,17-19H2,1-7H3;2*1H/q+2;;/p-2. The van der Waals surface area contributed by atoms with Crippen molar-refractivity contribution in [3.05, 3.63) is 59.7 Å². The number of aryl methyl sites for hydroxylation is 1. The molecule has 0 aliphatic carbocycles. The highest BCUT2D eigenvalue weighted by Crippen LogP contribution is 2.26. The van der Waals surface area contributed by atoms with Crippen LogP contribution in [0.25, 0.3) is 0 Å². The van der Waals surface area contributed by atoms with E-state index in [1.165, 1.54) is 22.5 Å². The minimum atomic E-state index is -0.656. The molecule has 0 aliphatic rings. The van der Waals surface area contributed by atoms with Crippen molar-refractivity contribution in [1.29, 1.82) is 0 Å². The van der Waals surface area contributed by atoms with E-state index in [4.69, 9.17) is 0 Å². The summed E-state index contributed by atoms with van der Waals surface area (Å²) >= 11 is 0. The zero-order valence-electron chi connectivity index (χ0n) is 19.0. The molecule has 0 aliphatic heterocycles. The van der Waals surface area contributed by atoms with Crippen molar-refractivity contribution in [3.63, 3.8) is 0 Å². The van der Waals surface area contributed by atoms with E-state index in [1.807, 2.05) is 0 Å². The molecule has 29 heavy (non-hydrogen) atoms. The molecule has 0 aromatic heterocycles. The maximum Gasteiger partial charge on any atom is 0.132 e. The summed E-state index contributed by atoms with van der Waals surface area (Å²) in [6.07, 6.45) is 3.15. The van der Waals surface area contributed by atoms with Crippen molar-refractivity contribution in [2.45, 2.75) is 38.2 Å². The van der Waals surface area contributed by atoms with Gasteiger partial charge < -0.3 is 53.1 Å². The summed E-state index contributed by atoms with van der Waals surface area (Å²) in [5.41, 5.74) is 4.41. The first-order valence-corrected chi connectivity index (χ1v) is 9.97. The second-order valence-electron chi connectivity index (χ2n) is 9.61. The largest absolute Gasteiger partial charge is 1.00 e. The van der Waals surface area contributed by atoms with Gasteiger partial charge in [-0.1, -0.05) is 31.2 Å². The lowest BCUT2D eigenvalue weighted by Crippen LogP contribution is -3.00. The summed E-state index contributed by atoms with van der Waals surface area (Å²) in [6.45, 7) is 2.08. The topological polar surface area (TPSA) is 20.2 Å². The van der Waals surface area contributed by atoms with E-state index in [-0.39, 0.29) is 48.0 Å². The van der Waals surface area contributed by atoms with Gasteiger partial charge in [0, 0.05) is 6.42 Å². The highest BCUT2D eigenvalue weighted by Gasteiger charge is 2.25. The van der Waals surface area contributed by atoms with Gasteiger partial charge in [-0.3, -0.25) is 8.97 Å². The first-order valence-electron chi connectivity index (χ1n) is 9.97. The van der Waals surface area contributed by atoms with Crippen LogP contribution in [0, 0.1) is 0 Å². The second kappa shape index (κ2) is 11.4. The highest BCUT2D eigenvalue weighted by atomic mass is 127. The summed E-state index contributed by atoms with van der Waals surface area (Å²) in [5.74, 6) is 0. The Morgan fingerprint density at radius 1 is 0.690 bits per heavy atom. The lowest BCUT2D eigenvalue weighted by Gasteiger charge is -2.28. The Hall–Kier alpha value is -0.220. The molecule has 3 nitrogen and oxygen atoms in total. The molecule has 1 N–H and O–H groups in total. The fourth-order valence-electron chi connectivity index (χ4n) is 3.32. The van der Waals surface area contributed by atoms with E-state index >= 15 is 0 Å². The summed E-state index contributed by atoms with van der Waals surface area (Å²) in [5, 5.41) is 11.1. The van der Waals surface area contributed by atoms with Crippen LogP contribution in [0.3, 0.4) is 0 Å². The molecule has 0 amide bonds. The average Bonchev–Trinajstić information content (AvgIpc) is 2.59. The number of hydrogen-bond donors (Lipinski definition) is 1. The van der Waals surface area contributed by atoms with E-state index in [0.717, 1.165) is 28.2 Å². The van der Waals surface area contributed by atoms with Crippen LogP contribution in [0.4, 0.5) is 11.4 Å². The van der Waals surface area contributed by atoms with Crippen molar-refractivity contribution in [2.24, 2.45) is 0 Å². The lowest BCUT2D eigenvalue weighted by molar-refractivity contribution is -0.00100. The fourth-order valence-corrected chi connectivity index (χ4v) is 3.32. The third kappa shape index (κ3) is 8.81. The number of nitrogens with zero attached hydrogens (tertiary/aromatic N) is 2. The molecule has 2 rings (SSSR count). The normalized spacial score (nSPS) is 13.8. The molecule has 2 aromatic carbocycles. The van der Waals surface area contributed by atoms with Crippen molar-refractivity contribution in [3.8, 4) is 0 Å². The highest BCUT2D eigenvalue weighted by molar-refractivity contribution is 5.44. The molecule has 0 spiro atoms. The van der Waals surface area contributed by atoms with Gasteiger partial charge in [0.1, 0.15) is 11.4 Å². The Labute approximate surface area is 212 Å². The number of halogens is 2. The Balaban J connectivity index is 0.00000392. The maximum atomic E-state index is 11.1. The zero-order chi connectivity index (χ0) is 20.3. The Bertz CT molecular complexity index is 731. The molecule has 164 valence electrons. The summed E-state index contributed by atoms with van der Waals surface area (Å²) in [7, 11) is 13.0. The number of benzene rings is 2. The van der Waals surface area contributed by atoms with E-state index in [9.17, 15) is 5.11 Å². The molecular formula is C24H38I2N2O. The maximum absolute atomic E-state index is 11.1. The predicted octanol–water partition coefficient (Wildman–Crippen LogP) is -1.60. The molecule has 1 unspecified atom stereocenters. The van der Waals surface area contributed by atoms with E-state index in [2.05, 4.69) is 97.7 Å².